The molecule has 3 heterocycles. The summed E-state index contributed by atoms with van der Waals surface area (Å²) in [6.45, 7) is 8.33. The van der Waals surface area contributed by atoms with Gasteiger partial charge >= 0.3 is 5.97 Å². The van der Waals surface area contributed by atoms with E-state index in [1.807, 2.05) is 11.9 Å². The van der Waals surface area contributed by atoms with Gasteiger partial charge in [0.1, 0.15) is 11.6 Å². The van der Waals surface area contributed by atoms with Crippen molar-refractivity contribution >= 4 is 40.0 Å². The van der Waals surface area contributed by atoms with Gasteiger partial charge in [-0.15, -0.1) is 0 Å². The van der Waals surface area contributed by atoms with Crippen LogP contribution in [0, 0.1) is 21.3 Å². The zero-order chi connectivity index (χ0) is 30.0. The standard InChI is InChI=1S/C29H32FN7O5/c1-29(2,3)27(38)41-18-36-11-10-22-25(36)32-28(33-26(22)42-21-7-5-6-20(17-21)37(39)40)31-19-8-9-24(23(30)16-19)35-14-12-34(4)13-15-35/h5-11,16-17H,12-15,18H2,1-4H3,(H,31,32,33). The lowest BCUT2D eigenvalue weighted by molar-refractivity contribution is -0.384. The predicted octanol–water partition coefficient (Wildman–Crippen LogP) is 5.31. The maximum Gasteiger partial charge on any atom is 0.312 e. The molecule has 0 amide bonds. The van der Waals surface area contributed by atoms with Crippen LogP contribution in [0.2, 0.25) is 0 Å². The molecule has 0 saturated carbocycles. The molecule has 0 aliphatic carbocycles. The highest BCUT2D eigenvalue weighted by Gasteiger charge is 2.24. The van der Waals surface area contributed by atoms with Crippen molar-refractivity contribution in [2.45, 2.75) is 27.5 Å². The number of non-ortho nitro benzene ring substituents is 1. The number of nitrogens with one attached hydrogen (secondary N) is 1. The number of likely N-dealkylation sites (N-methyl/N-ethyl adjacent to an activating group) is 1. The van der Waals surface area contributed by atoms with Crippen molar-refractivity contribution in [2.24, 2.45) is 5.41 Å². The second kappa shape index (κ2) is 11.6. The molecule has 42 heavy (non-hydrogen) atoms. The van der Waals surface area contributed by atoms with Gasteiger partial charge in [0.15, 0.2) is 12.4 Å². The molecule has 1 saturated heterocycles. The second-order valence-electron chi connectivity index (χ2n) is 11.1. The topological polar surface area (TPSA) is 128 Å². The third kappa shape index (κ3) is 6.41. The van der Waals surface area contributed by atoms with Crippen LogP contribution in [0.5, 0.6) is 11.6 Å². The number of nitro groups is 1. The quantitative estimate of drug-likeness (QED) is 0.167. The Balaban J connectivity index is 1.47. The first-order valence-electron chi connectivity index (χ1n) is 13.4. The SMILES string of the molecule is CN1CCN(c2ccc(Nc3nc(Oc4cccc([N+](=O)[O-])c4)c4ccn(COC(=O)C(C)(C)C)c4n3)cc2F)CC1. The Hall–Kier alpha value is -4.78. The molecule has 0 bridgehead atoms. The van der Waals surface area contributed by atoms with Crippen LogP contribution in [0.15, 0.2) is 54.7 Å². The molecule has 5 rings (SSSR count). The van der Waals surface area contributed by atoms with Gasteiger partial charge in [-0.25, -0.2) is 4.39 Å². The number of halogens is 1. The van der Waals surface area contributed by atoms with E-state index in [1.54, 1.807) is 55.8 Å². The van der Waals surface area contributed by atoms with E-state index in [4.69, 9.17) is 9.47 Å². The summed E-state index contributed by atoms with van der Waals surface area (Å²) in [6, 6.07) is 12.3. The number of piperazine rings is 1. The number of benzene rings is 2. The fourth-order valence-corrected chi connectivity index (χ4v) is 4.41. The minimum atomic E-state index is -0.693. The number of ether oxygens (including phenoxy) is 2. The van der Waals surface area contributed by atoms with E-state index in [9.17, 15) is 14.9 Å². The highest BCUT2D eigenvalue weighted by molar-refractivity contribution is 5.83. The van der Waals surface area contributed by atoms with Gasteiger partial charge in [0.2, 0.25) is 11.8 Å². The van der Waals surface area contributed by atoms with Crippen LogP contribution in [0.25, 0.3) is 11.0 Å². The molecule has 1 aliphatic rings. The summed E-state index contributed by atoms with van der Waals surface area (Å²) in [5.74, 6) is -0.364. The monoisotopic (exact) mass is 577 g/mol. The fourth-order valence-electron chi connectivity index (χ4n) is 4.41. The molecule has 2 aromatic heterocycles. The average Bonchev–Trinajstić information content (AvgIpc) is 3.35. The molecule has 0 unspecified atom stereocenters. The lowest BCUT2D eigenvalue weighted by atomic mass is 9.98. The van der Waals surface area contributed by atoms with Gasteiger partial charge in [-0.3, -0.25) is 19.5 Å². The van der Waals surface area contributed by atoms with E-state index < -0.39 is 10.3 Å². The summed E-state index contributed by atoms with van der Waals surface area (Å²) in [4.78, 5) is 36.4. The molecule has 0 radical (unpaired) electrons. The summed E-state index contributed by atoms with van der Waals surface area (Å²) in [6.07, 6.45) is 1.67. The van der Waals surface area contributed by atoms with Crippen molar-refractivity contribution in [1.82, 2.24) is 19.4 Å². The Labute approximate surface area is 241 Å². The number of hydrogen-bond acceptors (Lipinski definition) is 10. The second-order valence-corrected chi connectivity index (χ2v) is 11.1. The van der Waals surface area contributed by atoms with Gasteiger partial charge in [-0.05, 0) is 58.2 Å². The van der Waals surface area contributed by atoms with E-state index in [0.717, 1.165) is 26.2 Å². The molecule has 1 N–H and O–H groups in total. The van der Waals surface area contributed by atoms with Crippen LogP contribution in [0.4, 0.5) is 27.4 Å². The molecule has 1 fully saturated rings. The molecule has 0 atom stereocenters. The number of rotatable bonds is 8. The number of carbonyl (C=O) groups excluding carboxylic acids is 1. The fraction of sp³-hybridized carbons (Fsp3) is 0.345. The third-order valence-corrected chi connectivity index (χ3v) is 6.82. The number of esters is 1. The molecule has 12 nitrogen and oxygen atoms in total. The molecule has 1 aliphatic heterocycles. The van der Waals surface area contributed by atoms with Crippen molar-refractivity contribution in [3.8, 4) is 11.6 Å². The van der Waals surface area contributed by atoms with E-state index in [2.05, 4.69) is 20.2 Å². The van der Waals surface area contributed by atoms with Gasteiger partial charge < -0.3 is 24.6 Å². The van der Waals surface area contributed by atoms with Crippen LogP contribution >= 0.6 is 0 Å². The molecule has 220 valence electrons. The van der Waals surface area contributed by atoms with Crippen LogP contribution in [0.3, 0.4) is 0 Å². The predicted molar refractivity (Wildman–Crippen MR) is 156 cm³/mol. The molecule has 0 spiro atoms. The average molecular weight is 578 g/mol. The minimum absolute atomic E-state index is 0.0942. The van der Waals surface area contributed by atoms with Crippen LogP contribution in [-0.4, -0.2) is 63.6 Å². The van der Waals surface area contributed by atoms with E-state index in [0.29, 0.717) is 22.4 Å². The number of nitro benzene ring substituents is 1. The molecule has 2 aromatic carbocycles. The number of carbonyl (C=O) groups is 1. The first-order chi connectivity index (χ1) is 20.0. The number of hydrogen-bond donors (Lipinski definition) is 1. The zero-order valence-electron chi connectivity index (χ0n) is 23.8. The van der Waals surface area contributed by atoms with Gasteiger partial charge in [0.25, 0.3) is 5.69 Å². The smallest absolute Gasteiger partial charge is 0.312 e. The maximum absolute atomic E-state index is 15.2. The van der Waals surface area contributed by atoms with Crippen LogP contribution < -0.4 is 15.0 Å². The minimum Gasteiger partial charge on any atom is -0.443 e. The van der Waals surface area contributed by atoms with E-state index in [1.165, 1.54) is 24.3 Å². The van der Waals surface area contributed by atoms with Gasteiger partial charge in [-0.1, -0.05) is 6.07 Å². The lowest BCUT2D eigenvalue weighted by Gasteiger charge is -2.34. The Morgan fingerprint density at radius 3 is 2.55 bits per heavy atom. The van der Waals surface area contributed by atoms with E-state index in [-0.39, 0.29) is 41.8 Å². The Morgan fingerprint density at radius 2 is 1.86 bits per heavy atom. The Kier molecular flexibility index (Phi) is 7.94. The van der Waals surface area contributed by atoms with Crippen molar-refractivity contribution in [2.75, 3.05) is 43.4 Å². The summed E-state index contributed by atoms with van der Waals surface area (Å²) in [5.41, 5.74) is 0.488. The molecule has 13 heteroatoms. The van der Waals surface area contributed by atoms with Crippen LogP contribution in [-0.2, 0) is 16.3 Å². The first-order valence-corrected chi connectivity index (χ1v) is 13.4. The van der Waals surface area contributed by atoms with Crippen LogP contribution in [0.1, 0.15) is 20.8 Å². The highest BCUT2D eigenvalue weighted by Crippen LogP contribution is 2.32. The Bertz CT molecular complexity index is 1630. The molecular formula is C29H32FN7O5. The van der Waals surface area contributed by atoms with Crippen molar-refractivity contribution < 1.29 is 23.6 Å². The largest absolute Gasteiger partial charge is 0.443 e. The number of aromatic nitrogens is 3. The van der Waals surface area contributed by atoms with Gasteiger partial charge in [-0.2, -0.15) is 9.97 Å². The first kappa shape index (κ1) is 28.7. The summed E-state index contributed by atoms with van der Waals surface area (Å²) < 4.78 is 28.3. The van der Waals surface area contributed by atoms with E-state index >= 15 is 4.39 Å². The summed E-state index contributed by atoms with van der Waals surface area (Å²) in [5, 5.41) is 14.8. The summed E-state index contributed by atoms with van der Waals surface area (Å²) >= 11 is 0. The molecular weight excluding hydrogens is 545 g/mol. The maximum atomic E-state index is 15.2. The number of nitrogens with zero attached hydrogens (tertiary/aromatic N) is 6. The molecule has 4 aromatic rings. The zero-order valence-corrected chi connectivity index (χ0v) is 23.8. The highest BCUT2D eigenvalue weighted by atomic mass is 19.1. The van der Waals surface area contributed by atoms with Crippen molar-refractivity contribution in [3.63, 3.8) is 0 Å². The Morgan fingerprint density at radius 1 is 1.10 bits per heavy atom. The van der Waals surface area contributed by atoms with Gasteiger partial charge in [0, 0.05) is 44.1 Å². The normalized spacial score (nSPS) is 14.2. The summed E-state index contributed by atoms with van der Waals surface area (Å²) in [7, 11) is 2.04. The third-order valence-electron chi connectivity index (χ3n) is 6.82. The number of anilines is 3. The van der Waals surface area contributed by atoms with Crippen molar-refractivity contribution in [3.05, 3.63) is 70.7 Å². The number of fused-ring (bicyclic) bond motifs is 1. The van der Waals surface area contributed by atoms with Gasteiger partial charge in [0.05, 0.1) is 27.5 Å². The van der Waals surface area contributed by atoms with Crippen molar-refractivity contribution in [1.29, 1.82) is 0 Å². The lowest BCUT2D eigenvalue weighted by Crippen LogP contribution is -2.44.